The van der Waals surface area contributed by atoms with Crippen LogP contribution in [0.5, 0.6) is 5.75 Å². The first-order valence-electron chi connectivity index (χ1n) is 7.06. The summed E-state index contributed by atoms with van der Waals surface area (Å²) in [5.74, 6) is 0.949. The molecule has 2 heterocycles. The lowest BCUT2D eigenvalue weighted by Gasteiger charge is -2.03. The van der Waals surface area contributed by atoms with Crippen LogP contribution in [0.4, 0.5) is 11.5 Å². The smallest absolute Gasteiger partial charge is 0.311 e. The molecule has 1 aromatic carbocycles. The van der Waals surface area contributed by atoms with Crippen LogP contribution in [0.1, 0.15) is 5.69 Å². The predicted molar refractivity (Wildman–Crippen MR) is 86.1 cm³/mol. The van der Waals surface area contributed by atoms with Gasteiger partial charge in [0, 0.05) is 12.3 Å². The zero-order valence-electron chi connectivity index (χ0n) is 12.8. The maximum atomic E-state index is 11.0. The first kappa shape index (κ1) is 15.4. The van der Waals surface area contributed by atoms with Gasteiger partial charge < -0.3 is 10.1 Å². The molecule has 3 aromatic rings. The lowest BCUT2D eigenvalue weighted by molar-refractivity contribution is -0.384. The van der Waals surface area contributed by atoms with Crippen LogP contribution >= 0.6 is 0 Å². The highest BCUT2D eigenvalue weighted by atomic mass is 16.6. The Bertz CT molecular complexity index is 846. The second-order valence-electron chi connectivity index (χ2n) is 4.83. The fraction of sp³-hybridized carbons (Fsp3) is 0.133. The molecule has 9 nitrogen and oxygen atoms in total. The van der Waals surface area contributed by atoms with Crippen LogP contribution in [0, 0.1) is 10.1 Å². The molecule has 0 atom stereocenters. The van der Waals surface area contributed by atoms with Crippen LogP contribution in [-0.4, -0.2) is 32.0 Å². The Morgan fingerprint density at radius 1 is 1.29 bits per heavy atom. The van der Waals surface area contributed by atoms with E-state index in [4.69, 9.17) is 4.74 Å². The van der Waals surface area contributed by atoms with E-state index in [1.165, 1.54) is 18.3 Å². The quantitative estimate of drug-likeness (QED) is 0.546. The van der Waals surface area contributed by atoms with Crippen LogP contribution in [0.25, 0.3) is 5.69 Å². The van der Waals surface area contributed by atoms with Gasteiger partial charge in [0.2, 0.25) is 5.82 Å². The van der Waals surface area contributed by atoms with Gasteiger partial charge in [-0.15, -0.1) is 5.10 Å². The normalized spacial score (nSPS) is 10.4. The van der Waals surface area contributed by atoms with E-state index in [0.29, 0.717) is 5.69 Å². The van der Waals surface area contributed by atoms with Gasteiger partial charge in [-0.2, -0.15) is 0 Å². The minimum atomic E-state index is -0.483. The predicted octanol–water partition coefficient (Wildman–Crippen LogP) is 2.19. The summed E-state index contributed by atoms with van der Waals surface area (Å²) in [7, 11) is 1.60. The average Bonchev–Trinajstić information content (AvgIpc) is 3.09. The zero-order chi connectivity index (χ0) is 16.9. The third kappa shape index (κ3) is 3.29. The minimum absolute atomic E-state index is 0.0833. The van der Waals surface area contributed by atoms with Crippen LogP contribution in [0.3, 0.4) is 0 Å². The summed E-state index contributed by atoms with van der Waals surface area (Å²) in [6, 6.07) is 10.3. The number of ether oxygens (including phenoxy) is 1. The number of pyridine rings is 1. The van der Waals surface area contributed by atoms with E-state index in [1.54, 1.807) is 18.0 Å². The van der Waals surface area contributed by atoms with Crippen molar-refractivity contribution in [3.63, 3.8) is 0 Å². The highest BCUT2D eigenvalue weighted by Crippen LogP contribution is 2.21. The molecule has 0 spiro atoms. The van der Waals surface area contributed by atoms with Crippen molar-refractivity contribution in [2.45, 2.75) is 6.54 Å². The summed E-state index contributed by atoms with van der Waals surface area (Å²) in [5.41, 5.74) is 1.38. The Morgan fingerprint density at radius 3 is 2.79 bits per heavy atom. The number of benzene rings is 1. The molecule has 0 saturated carbocycles. The van der Waals surface area contributed by atoms with Gasteiger partial charge in [0.15, 0.2) is 0 Å². The van der Waals surface area contributed by atoms with Crippen LogP contribution in [0.15, 0.2) is 48.8 Å². The van der Waals surface area contributed by atoms with E-state index in [2.05, 4.69) is 20.6 Å². The minimum Gasteiger partial charge on any atom is -0.497 e. The molecule has 0 radical (unpaired) electrons. The Hall–Kier alpha value is -3.49. The molecule has 3 rings (SSSR count). The van der Waals surface area contributed by atoms with Gasteiger partial charge >= 0.3 is 5.69 Å². The van der Waals surface area contributed by atoms with Gasteiger partial charge in [0.05, 0.1) is 30.5 Å². The number of hydrogen-bond acceptors (Lipinski definition) is 7. The van der Waals surface area contributed by atoms with Crippen LogP contribution in [0.2, 0.25) is 0 Å². The summed E-state index contributed by atoms with van der Waals surface area (Å²) < 4.78 is 6.73. The van der Waals surface area contributed by atoms with E-state index in [-0.39, 0.29) is 18.1 Å². The lowest BCUT2D eigenvalue weighted by atomic mass is 10.3. The van der Waals surface area contributed by atoms with Gasteiger partial charge in [-0.25, -0.2) is 9.67 Å². The number of nitro groups is 1. The first-order chi connectivity index (χ1) is 11.7. The van der Waals surface area contributed by atoms with Gasteiger partial charge in [-0.1, -0.05) is 5.21 Å². The fourth-order valence-corrected chi connectivity index (χ4v) is 2.10. The molecule has 0 fully saturated rings. The molecule has 0 bridgehead atoms. The van der Waals surface area contributed by atoms with Crippen molar-refractivity contribution in [3.8, 4) is 11.4 Å². The standard InChI is InChI=1S/C15H14N6O3/c1-24-13-6-4-12(5-7-13)20-10-11(18-19-20)9-17-15-14(21(22)23)3-2-8-16-15/h2-8,10H,9H2,1H3,(H,16,17). The van der Waals surface area contributed by atoms with Crippen LogP contribution < -0.4 is 10.1 Å². The van der Waals surface area contributed by atoms with Crippen molar-refractivity contribution in [1.82, 2.24) is 20.0 Å². The third-order valence-electron chi connectivity index (χ3n) is 3.30. The maximum Gasteiger partial charge on any atom is 0.311 e. The average molecular weight is 326 g/mol. The number of nitrogens with one attached hydrogen (secondary N) is 1. The van der Waals surface area contributed by atoms with E-state index in [9.17, 15) is 10.1 Å². The molecule has 0 aliphatic carbocycles. The van der Waals surface area contributed by atoms with Crippen molar-refractivity contribution in [2.24, 2.45) is 0 Å². The molecule has 122 valence electrons. The van der Waals surface area contributed by atoms with E-state index >= 15 is 0 Å². The van der Waals surface area contributed by atoms with Gasteiger partial charge in [0.1, 0.15) is 11.4 Å². The van der Waals surface area contributed by atoms with Crippen molar-refractivity contribution >= 4 is 11.5 Å². The summed E-state index contributed by atoms with van der Waals surface area (Å²) in [6.07, 6.45) is 3.23. The van der Waals surface area contributed by atoms with Crippen molar-refractivity contribution in [1.29, 1.82) is 0 Å². The van der Waals surface area contributed by atoms with E-state index < -0.39 is 4.92 Å². The SMILES string of the molecule is COc1ccc(-n2cc(CNc3ncccc3[N+](=O)[O-])nn2)cc1. The third-order valence-corrected chi connectivity index (χ3v) is 3.30. The topological polar surface area (TPSA) is 108 Å². The molecular formula is C15H14N6O3. The van der Waals surface area contributed by atoms with Crippen LogP contribution in [-0.2, 0) is 6.54 Å². The summed E-state index contributed by atoms with van der Waals surface area (Å²) >= 11 is 0. The second-order valence-corrected chi connectivity index (χ2v) is 4.83. The Balaban J connectivity index is 1.71. The highest BCUT2D eigenvalue weighted by molar-refractivity contribution is 5.55. The molecule has 0 unspecified atom stereocenters. The molecule has 24 heavy (non-hydrogen) atoms. The number of hydrogen-bond donors (Lipinski definition) is 1. The Labute approximate surface area is 137 Å². The van der Waals surface area contributed by atoms with Crippen molar-refractivity contribution in [2.75, 3.05) is 12.4 Å². The number of methoxy groups -OCH3 is 1. The number of rotatable bonds is 6. The Morgan fingerprint density at radius 2 is 2.08 bits per heavy atom. The van der Waals surface area contributed by atoms with E-state index in [1.807, 2.05) is 24.3 Å². The molecule has 9 heteroatoms. The van der Waals surface area contributed by atoms with Gasteiger partial charge in [0.25, 0.3) is 0 Å². The Kier molecular flexibility index (Phi) is 4.32. The van der Waals surface area contributed by atoms with Crippen molar-refractivity contribution in [3.05, 3.63) is 64.6 Å². The zero-order valence-corrected chi connectivity index (χ0v) is 12.8. The summed E-state index contributed by atoms with van der Waals surface area (Å²) in [6.45, 7) is 0.272. The molecule has 0 saturated heterocycles. The maximum absolute atomic E-state index is 11.0. The number of nitrogens with zero attached hydrogens (tertiary/aromatic N) is 5. The number of aromatic nitrogens is 4. The molecule has 0 amide bonds. The molecular weight excluding hydrogens is 312 g/mol. The summed E-state index contributed by atoms with van der Waals surface area (Å²) in [4.78, 5) is 14.5. The second kappa shape index (κ2) is 6.73. The van der Waals surface area contributed by atoms with E-state index in [0.717, 1.165) is 11.4 Å². The fourth-order valence-electron chi connectivity index (χ4n) is 2.10. The highest BCUT2D eigenvalue weighted by Gasteiger charge is 2.14. The molecule has 1 N–H and O–H groups in total. The molecule has 2 aromatic heterocycles. The molecule has 0 aliphatic heterocycles. The van der Waals surface area contributed by atoms with Gasteiger partial charge in [-0.05, 0) is 30.3 Å². The summed E-state index contributed by atoms with van der Waals surface area (Å²) in [5, 5.41) is 22.0. The number of anilines is 1. The monoisotopic (exact) mass is 326 g/mol. The van der Waals surface area contributed by atoms with Crippen molar-refractivity contribution < 1.29 is 9.66 Å². The first-order valence-corrected chi connectivity index (χ1v) is 7.06. The molecule has 0 aliphatic rings. The van der Waals surface area contributed by atoms with Gasteiger partial charge in [-0.3, -0.25) is 10.1 Å². The lowest BCUT2D eigenvalue weighted by Crippen LogP contribution is -2.04. The largest absolute Gasteiger partial charge is 0.497 e.